The van der Waals surface area contributed by atoms with Crippen LogP contribution in [0.4, 0.5) is 0 Å². The van der Waals surface area contributed by atoms with E-state index in [1.165, 1.54) is 5.56 Å². The Morgan fingerprint density at radius 3 is 2.87 bits per heavy atom. The van der Waals surface area contributed by atoms with Crippen LogP contribution in [0.1, 0.15) is 62.5 Å². The molecule has 10 heteroatoms. The molecule has 39 heavy (non-hydrogen) atoms. The summed E-state index contributed by atoms with van der Waals surface area (Å²) in [6.07, 6.45) is 7.26. The first-order valence-electron chi connectivity index (χ1n) is 14.0. The molecule has 9 rings (SSSR count). The van der Waals surface area contributed by atoms with Crippen molar-refractivity contribution in [2.24, 2.45) is 5.41 Å². The summed E-state index contributed by atoms with van der Waals surface area (Å²) in [5.41, 5.74) is 3.58. The average molecular weight is 532 g/mol. The van der Waals surface area contributed by atoms with Crippen LogP contribution in [0.2, 0.25) is 0 Å². The third kappa shape index (κ3) is 3.64. The quantitative estimate of drug-likeness (QED) is 0.517. The first kappa shape index (κ1) is 23.8. The molecule has 1 spiro atoms. The predicted octanol–water partition coefficient (Wildman–Crippen LogP) is 2.98. The van der Waals surface area contributed by atoms with E-state index in [2.05, 4.69) is 33.6 Å². The van der Waals surface area contributed by atoms with Crippen LogP contribution in [0.15, 0.2) is 30.6 Å². The van der Waals surface area contributed by atoms with Gasteiger partial charge in [-0.05, 0) is 62.4 Å². The van der Waals surface area contributed by atoms with Crippen LogP contribution in [0, 0.1) is 5.41 Å². The van der Waals surface area contributed by atoms with Gasteiger partial charge >= 0.3 is 0 Å². The minimum absolute atomic E-state index is 0.0452. The Labute approximate surface area is 226 Å². The molecule has 2 aliphatic carbocycles. The molecule has 1 aromatic carbocycles. The Morgan fingerprint density at radius 2 is 2.08 bits per heavy atom. The Morgan fingerprint density at radius 1 is 1.23 bits per heavy atom. The van der Waals surface area contributed by atoms with Crippen molar-refractivity contribution in [3.05, 3.63) is 47.4 Å². The second kappa shape index (κ2) is 8.22. The third-order valence-electron chi connectivity index (χ3n) is 9.50. The topological polar surface area (TPSA) is 110 Å². The Hall–Kier alpha value is -3.08. The second-order valence-corrected chi connectivity index (χ2v) is 12.6. The minimum Gasteiger partial charge on any atom is -0.484 e. The van der Waals surface area contributed by atoms with Crippen molar-refractivity contribution in [3.63, 3.8) is 0 Å². The largest absolute Gasteiger partial charge is 0.484 e. The molecular formula is C29H33N5O5. The number of aromatic nitrogens is 4. The van der Waals surface area contributed by atoms with Crippen LogP contribution in [0.5, 0.6) is 5.75 Å². The molecular weight excluding hydrogens is 498 g/mol. The molecule has 2 aromatic heterocycles. The molecule has 2 bridgehead atoms. The van der Waals surface area contributed by atoms with Crippen LogP contribution in [-0.4, -0.2) is 63.5 Å². The highest BCUT2D eigenvalue weighted by Gasteiger charge is 2.70. The van der Waals surface area contributed by atoms with Crippen molar-refractivity contribution in [3.8, 4) is 5.75 Å². The molecule has 5 fully saturated rings. The molecule has 1 N–H and O–H groups in total. The molecule has 0 radical (unpaired) electrons. The van der Waals surface area contributed by atoms with Crippen LogP contribution >= 0.6 is 0 Å². The van der Waals surface area contributed by atoms with Gasteiger partial charge in [-0.25, -0.2) is 4.68 Å². The van der Waals surface area contributed by atoms with E-state index >= 15 is 0 Å². The number of rotatable bonds is 6. The molecule has 6 aliphatic rings. The summed E-state index contributed by atoms with van der Waals surface area (Å²) in [6.45, 7) is 7.00. The fraction of sp³-hybridized carbons (Fsp3) is 0.586. The molecule has 3 saturated heterocycles. The Balaban J connectivity index is 0.991. The van der Waals surface area contributed by atoms with E-state index in [1.54, 1.807) is 0 Å². The Kier molecular flexibility index (Phi) is 5.01. The zero-order chi connectivity index (χ0) is 26.4. The second-order valence-electron chi connectivity index (χ2n) is 12.6. The van der Waals surface area contributed by atoms with Crippen molar-refractivity contribution in [1.29, 1.82) is 0 Å². The van der Waals surface area contributed by atoms with E-state index in [-0.39, 0.29) is 23.7 Å². The molecule has 2 atom stereocenters. The van der Waals surface area contributed by atoms with E-state index in [0.29, 0.717) is 12.0 Å². The summed E-state index contributed by atoms with van der Waals surface area (Å²) in [5.74, 6) is 0.716. The van der Waals surface area contributed by atoms with E-state index in [9.17, 15) is 4.79 Å². The highest BCUT2D eigenvalue weighted by Crippen LogP contribution is 2.59. The summed E-state index contributed by atoms with van der Waals surface area (Å²) in [4.78, 5) is 17.9. The number of carbonyl (C=O) groups is 1. The molecule has 1 amide bonds. The van der Waals surface area contributed by atoms with Crippen molar-refractivity contribution < 1.29 is 23.7 Å². The third-order valence-corrected chi connectivity index (χ3v) is 9.50. The van der Waals surface area contributed by atoms with Gasteiger partial charge in [0.2, 0.25) is 0 Å². The fourth-order valence-electron chi connectivity index (χ4n) is 7.54. The SMILES string of the molecule is CC(Oc1ccc2ncc3c(c2c1)CCOC3)c1cn(C23CC(C)(C2)OC3C(=O)NC2CC3(COC3)C2)nn1. The number of hydrogen-bond donors (Lipinski definition) is 1. The maximum atomic E-state index is 13.3. The zero-order valence-corrected chi connectivity index (χ0v) is 22.3. The maximum Gasteiger partial charge on any atom is 0.251 e. The van der Waals surface area contributed by atoms with Gasteiger partial charge in [-0.1, -0.05) is 5.21 Å². The van der Waals surface area contributed by atoms with E-state index in [4.69, 9.17) is 18.9 Å². The lowest BCUT2D eigenvalue weighted by Crippen LogP contribution is -2.62. The lowest BCUT2D eigenvalue weighted by atomic mass is 9.63. The highest BCUT2D eigenvalue weighted by atomic mass is 16.5. The standard InChI is InChI=1S/C29H33N5O5/c1-17(38-20-3-4-23-22(7-20)21-5-6-36-12-18(21)10-30-23)24-11-34(33-32-24)29-13-27(2,14-29)39-25(29)26(35)31-19-8-28(9-19)15-37-16-28/h3-4,7,10-11,17,19,25H,5-6,8-9,12-16H2,1-2H3,(H,31,35). The van der Waals surface area contributed by atoms with Crippen molar-refractivity contribution in [1.82, 2.24) is 25.3 Å². The lowest BCUT2D eigenvalue weighted by molar-refractivity contribution is -0.171. The lowest BCUT2D eigenvalue weighted by Gasteiger charge is -2.53. The average Bonchev–Trinajstić information content (AvgIpc) is 3.56. The molecule has 2 unspecified atom stereocenters. The van der Waals surface area contributed by atoms with Crippen molar-refractivity contribution in [2.75, 3.05) is 19.8 Å². The first-order chi connectivity index (χ1) is 18.8. The number of hydrogen-bond acceptors (Lipinski definition) is 8. The summed E-state index contributed by atoms with van der Waals surface area (Å²) in [5, 5.41) is 13.3. The van der Waals surface area contributed by atoms with Gasteiger partial charge < -0.3 is 24.3 Å². The molecule has 6 heterocycles. The smallest absolute Gasteiger partial charge is 0.251 e. The number of pyridine rings is 1. The van der Waals surface area contributed by atoms with Gasteiger partial charge in [-0.3, -0.25) is 9.78 Å². The summed E-state index contributed by atoms with van der Waals surface area (Å²) >= 11 is 0. The monoisotopic (exact) mass is 531 g/mol. The maximum absolute atomic E-state index is 13.3. The van der Waals surface area contributed by atoms with Crippen LogP contribution in [0.25, 0.3) is 10.9 Å². The van der Waals surface area contributed by atoms with E-state index in [0.717, 1.165) is 79.8 Å². The first-order valence-corrected chi connectivity index (χ1v) is 14.0. The number of nitrogens with one attached hydrogen (secondary N) is 1. The van der Waals surface area contributed by atoms with Crippen molar-refractivity contribution in [2.45, 2.75) is 81.9 Å². The zero-order valence-electron chi connectivity index (χ0n) is 22.3. The number of amides is 1. The van der Waals surface area contributed by atoms with Gasteiger partial charge in [0.15, 0.2) is 6.10 Å². The number of fused-ring (bicyclic) bond motifs is 4. The summed E-state index contributed by atoms with van der Waals surface area (Å²) in [6, 6.07) is 6.21. The summed E-state index contributed by atoms with van der Waals surface area (Å²) < 4.78 is 25.4. The minimum atomic E-state index is -0.578. The van der Waals surface area contributed by atoms with Gasteiger partial charge in [0.1, 0.15) is 23.1 Å². The van der Waals surface area contributed by atoms with E-state index < -0.39 is 11.6 Å². The van der Waals surface area contributed by atoms with Crippen LogP contribution in [-0.2, 0) is 37.6 Å². The predicted molar refractivity (Wildman–Crippen MR) is 139 cm³/mol. The molecule has 4 aliphatic heterocycles. The normalized spacial score (nSPS) is 31.2. The van der Waals surface area contributed by atoms with Gasteiger partial charge in [0, 0.05) is 35.9 Å². The molecule has 204 valence electrons. The van der Waals surface area contributed by atoms with Crippen LogP contribution in [0.3, 0.4) is 0 Å². The van der Waals surface area contributed by atoms with Gasteiger partial charge in [0.05, 0.1) is 43.7 Å². The molecule has 2 saturated carbocycles. The molecule has 10 nitrogen and oxygen atoms in total. The fourth-order valence-corrected chi connectivity index (χ4v) is 7.54. The van der Waals surface area contributed by atoms with Crippen LogP contribution < -0.4 is 10.1 Å². The molecule has 3 aromatic rings. The highest BCUT2D eigenvalue weighted by molar-refractivity contribution is 5.85. The van der Waals surface area contributed by atoms with Gasteiger partial charge in [-0.15, -0.1) is 5.10 Å². The Bertz CT molecular complexity index is 1470. The summed E-state index contributed by atoms with van der Waals surface area (Å²) in [7, 11) is 0. The number of benzene rings is 1. The number of carbonyl (C=O) groups excluding carboxylic acids is 1. The van der Waals surface area contributed by atoms with Gasteiger partial charge in [-0.2, -0.15) is 0 Å². The van der Waals surface area contributed by atoms with E-state index in [1.807, 2.05) is 36.1 Å². The number of ether oxygens (including phenoxy) is 4. The van der Waals surface area contributed by atoms with Crippen molar-refractivity contribution >= 4 is 16.8 Å². The number of nitrogens with zero attached hydrogens (tertiary/aromatic N) is 4. The van der Waals surface area contributed by atoms with Gasteiger partial charge in [0.25, 0.3) is 5.91 Å².